The van der Waals surface area contributed by atoms with Crippen LogP contribution in [0.4, 0.5) is 0 Å². The highest BCUT2D eigenvalue weighted by Crippen LogP contribution is 2.43. The fourth-order valence-corrected chi connectivity index (χ4v) is 7.59. The van der Waals surface area contributed by atoms with E-state index in [0.29, 0.717) is 27.8 Å². The zero-order valence-electron chi connectivity index (χ0n) is 26.7. The second-order valence-electron chi connectivity index (χ2n) is 12.2. The summed E-state index contributed by atoms with van der Waals surface area (Å²) < 4.78 is 4.38. The number of para-hydroxylation sites is 4. The Morgan fingerprint density at radius 3 is 1.56 bits per heavy atom. The standard InChI is InChI=1S/C45H25N5/c46-26-29-23-24-44-37(25-29)34-15-4-8-21-42(34)50(44)41-20-7-3-14-33(41)35-16-9-11-30(27-47)45(35)36-17-10-22-43(38(36)28-48)49-39-18-5-1-12-31(39)32-13-2-6-19-40(32)49/h1-25H. The number of rotatable bonds is 4. The summed E-state index contributed by atoms with van der Waals surface area (Å²) in [6.07, 6.45) is 0. The Bertz CT molecular complexity index is 2920. The fourth-order valence-electron chi connectivity index (χ4n) is 7.59. The highest BCUT2D eigenvalue weighted by Gasteiger charge is 2.23. The van der Waals surface area contributed by atoms with Crippen LogP contribution in [0, 0.1) is 34.0 Å². The maximum atomic E-state index is 10.9. The van der Waals surface area contributed by atoms with Crippen molar-refractivity contribution in [2.45, 2.75) is 0 Å². The minimum atomic E-state index is 0.481. The van der Waals surface area contributed by atoms with Gasteiger partial charge in [0, 0.05) is 38.2 Å². The van der Waals surface area contributed by atoms with E-state index >= 15 is 0 Å². The van der Waals surface area contributed by atoms with E-state index in [1.54, 1.807) is 0 Å². The summed E-state index contributed by atoms with van der Waals surface area (Å²) >= 11 is 0. The minimum absolute atomic E-state index is 0.481. The van der Waals surface area contributed by atoms with E-state index in [2.05, 4.69) is 75.9 Å². The Kier molecular flexibility index (Phi) is 6.56. The summed E-state index contributed by atoms with van der Waals surface area (Å²) in [4.78, 5) is 0. The van der Waals surface area contributed by atoms with Crippen molar-refractivity contribution >= 4 is 43.6 Å². The molecule has 0 saturated heterocycles. The van der Waals surface area contributed by atoms with Gasteiger partial charge < -0.3 is 9.13 Å². The average Bonchev–Trinajstić information content (AvgIpc) is 3.69. The van der Waals surface area contributed by atoms with E-state index in [1.807, 2.05) is 103 Å². The topological polar surface area (TPSA) is 81.2 Å². The summed E-state index contributed by atoms with van der Waals surface area (Å²) in [6.45, 7) is 0. The van der Waals surface area contributed by atoms with Gasteiger partial charge in [-0.15, -0.1) is 0 Å². The lowest BCUT2D eigenvalue weighted by atomic mass is 9.87. The molecule has 9 aromatic rings. The second kappa shape index (κ2) is 11.4. The summed E-state index contributed by atoms with van der Waals surface area (Å²) in [5.74, 6) is 0. The van der Waals surface area contributed by atoms with E-state index in [-0.39, 0.29) is 0 Å². The number of hydrogen-bond donors (Lipinski definition) is 0. The van der Waals surface area contributed by atoms with Gasteiger partial charge in [-0.25, -0.2) is 0 Å². The Morgan fingerprint density at radius 2 is 0.900 bits per heavy atom. The first kappa shape index (κ1) is 28.8. The van der Waals surface area contributed by atoms with Crippen LogP contribution in [-0.4, -0.2) is 9.13 Å². The normalized spacial score (nSPS) is 11.1. The Morgan fingerprint density at radius 1 is 0.380 bits per heavy atom. The molecule has 2 aromatic heterocycles. The zero-order valence-corrected chi connectivity index (χ0v) is 26.7. The Labute approximate surface area is 287 Å². The van der Waals surface area contributed by atoms with Crippen molar-refractivity contribution < 1.29 is 0 Å². The Balaban J connectivity index is 1.34. The molecule has 0 unspecified atom stereocenters. The quantitative estimate of drug-likeness (QED) is 0.193. The van der Waals surface area contributed by atoms with E-state index in [0.717, 1.165) is 66.1 Å². The lowest BCUT2D eigenvalue weighted by Crippen LogP contribution is -2.02. The first-order valence-corrected chi connectivity index (χ1v) is 16.3. The van der Waals surface area contributed by atoms with Crippen LogP contribution in [0.2, 0.25) is 0 Å². The molecule has 5 heteroatoms. The molecule has 0 fully saturated rings. The number of fused-ring (bicyclic) bond motifs is 6. The number of nitrogens with zero attached hydrogens (tertiary/aromatic N) is 5. The van der Waals surface area contributed by atoms with Crippen LogP contribution in [0.3, 0.4) is 0 Å². The van der Waals surface area contributed by atoms with Gasteiger partial charge in [0.15, 0.2) is 0 Å². The van der Waals surface area contributed by atoms with Crippen molar-refractivity contribution in [3.8, 4) is 51.8 Å². The second-order valence-corrected chi connectivity index (χ2v) is 12.2. The van der Waals surface area contributed by atoms with E-state index in [4.69, 9.17) is 0 Å². The van der Waals surface area contributed by atoms with Crippen LogP contribution >= 0.6 is 0 Å². The van der Waals surface area contributed by atoms with Gasteiger partial charge in [-0.05, 0) is 60.2 Å². The molecular weight excluding hydrogens is 611 g/mol. The van der Waals surface area contributed by atoms with Gasteiger partial charge in [-0.3, -0.25) is 0 Å². The average molecular weight is 636 g/mol. The molecule has 0 radical (unpaired) electrons. The van der Waals surface area contributed by atoms with Gasteiger partial charge in [-0.2, -0.15) is 15.8 Å². The molecular formula is C45H25N5. The summed E-state index contributed by atoms with van der Waals surface area (Å²) in [7, 11) is 0. The van der Waals surface area contributed by atoms with Crippen molar-refractivity contribution in [1.82, 2.24) is 9.13 Å². The highest BCUT2D eigenvalue weighted by atomic mass is 15.0. The predicted octanol–water partition coefficient (Wildman–Crippen LogP) is 10.8. The number of aromatic nitrogens is 2. The molecule has 7 aromatic carbocycles. The highest BCUT2D eigenvalue weighted by molar-refractivity contribution is 6.11. The molecule has 0 aliphatic carbocycles. The van der Waals surface area contributed by atoms with Crippen molar-refractivity contribution in [2.75, 3.05) is 0 Å². The molecule has 5 nitrogen and oxygen atoms in total. The predicted molar refractivity (Wildman–Crippen MR) is 200 cm³/mol. The molecule has 0 N–H and O–H groups in total. The third-order valence-electron chi connectivity index (χ3n) is 9.67. The van der Waals surface area contributed by atoms with E-state index < -0.39 is 0 Å². The van der Waals surface area contributed by atoms with Crippen LogP contribution in [0.1, 0.15) is 16.7 Å². The third-order valence-corrected chi connectivity index (χ3v) is 9.67. The van der Waals surface area contributed by atoms with Crippen LogP contribution in [0.15, 0.2) is 152 Å². The van der Waals surface area contributed by atoms with E-state index in [9.17, 15) is 15.8 Å². The van der Waals surface area contributed by atoms with Crippen LogP contribution in [0.5, 0.6) is 0 Å². The molecule has 9 rings (SSSR count). The van der Waals surface area contributed by atoms with Crippen LogP contribution < -0.4 is 0 Å². The lowest BCUT2D eigenvalue weighted by Gasteiger charge is -2.19. The molecule has 0 amide bonds. The van der Waals surface area contributed by atoms with Gasteiger partial charge in [0.25, 0.3) is 0 Å². The first-order valence-electron chi connectivity index (χ1n) is 16.3. The molecule has 0 atom stereocenters. The summed E-state index contributed by atoms with van der Waals surface area (Å²) in [6, 6.07) is 57.6. The number of benzene rings is 7. The largest absolute Gasteiger partial charge is 0.309 e. The van der Waals surface area contributed by atoms with Gasteiger partial charge in [0.2, 0.25) is 0 Å². The molecule has 0 bridgehead atoms. The first-order chi connectivity index (χ1) is 24.7. The van der Waals surface area contributed by atoms with E-state index in [1.165, 1.54) is 0 Å². The molecule has 50 heavy (non-hydrogen) atoms. The Hall–Kier alpha value is -7.39. The molecule has 0 aliphatic rings. The smallest absolute Gasteiger partial charge is 0.102 e. The van der Waals surface area contributed by atoms with Gasteiger partial charge >= 0.3 is 0 Å². The minimum Gasteiger partial charge on any atom is -0.309 e. The monoisotopic (exact) mass is 635 g/mol. The lowest BCUT2D eigenvalue weighted by molar-refractivity contribution is 1.17. The molecule has 0 saturated carbocycles. The van der Waals surface area contributed by atoms with Crippen LogP contribution in [-0.2, 0) is 0 Å². The maximum Gasteiger partial charge on any atom is 0.102 e. The summed E-state index contributed by atoms with van der Waals surface area (Å²) in [5, 5.41) is 35.5. The third kappa shape index (κ3) is 4.17. The van der Waals surface area contributed by atoms with Crippen molar-refractivity contribution in [2.24, 2.45) is 0 Å². The molecule has 0 spiro atoms. The SMILES string of the molecule is N#Cc1ccc2c(c1)c1ccccc1n2-c1ccccc1-c1cccc(C#N)c1-c1cccc(-n2c3ccccc3c3ccccc32)c1C#N. The maximum absolute atomic E-state index is 10.9. The number of hydrogen-bond acceptors (Lipinski definition) is 3. The fraction of sp³-hybridized carbons (Fsp3) is 0. The van der Waals surface area contributed by atoms with Gasteiger partial charge in [0.05, 0.1) is 62.3 Å². The summed E-state index contributed by atoms with van der Waals surface area (Å²) in [5.41, 5.74) is 10.4. The van der Waals surface area contributed by atoms with Gasteiger partial charge in [0.1, 0.15) is 6.07 Å². The van der Waals surface area contributed by atoms with Crippen molar-refractivity contribution in [3.05, 3.63) is 168 Å². The molecule has 2 heterocycles. The van der Waals surface area contributed by atoms with Crippen molar-refractivity contribution in [1.29, 1.82) is 15.8 Å². The van der Waals surface area contributed by atoms with Crippen LogP contribution in [0.25, 0.3) is 77.2 Å². The number of nitriles is 3. The molecule has 230 valence electrons. The van der Waals surface area contributed by atoms with Gasteiger partial charge in [-0.1, -0.05) is 97.1 Å². The van der Waals surface area contributed by atoms with Crippen molar-refractivity contribution in [3.63, 3.8) is 0 Å². The molecule has 0 aliphatic heterocycles. The zero-order chi connectivity index (χ0) is 33.8.